The third-order valence-electron chi connectivity index (χ3n) is 1.68. The Labute approximate surface area is 77.4 Å². The van der Waals surface area contributed by atoms with E-state index in [1.807, 2.05) is 7.05 Å². The summed E-state index contributed by atoms with van der Waals surface area (Å²) in [6, 6.07) is 0. The number of rotatable bonds is 5. The molecule has 0 spiro atoms. The first-order chi connectivity index (χ1) is 6.34. The Hall–Kier alpha value is -1.29. The zero-order valence-electron chi connectivity index (χ0n) is 7.66. The summed E-state index contributed by atoms with van der Waals surface area (Å²) < 4.78 is 0. The van der Waals surface area contributed by atoms with Gasteiger partial charge in [0.05, 0.1) is 6.20 Å². The Bertz CT molecular complexity index is 261. The highest BCUT2D eigenvalue weighted by atomic mass is 16.1. The summed E-state index contributed by atoms with van der Waals surface area (Å²) in [7, 11) is 1.87. The van der Waals surface area contributed by atoms with Gasteiger partial charge in [0.15, 0.2) is 5.78 Å². The van der Waals surface area contributed by atoms with Crippen molar-refractivity contribution in [2.45, 2.75) is 12.8 Å². The fourth-order valence-electron chi connectivity index (χ4n) is 0.997. The molecule has 0 amide bonds. The smallest absolute Gasteiger partial charge is 0.182 e. The molecule has 0 saturated heterocycles. The monoisotopic (exact) mass is 179 g/mol. The van der Waals surface area contributed by atoms with Gasteiger partial charge in [-0.15, -0.1) is 0 Å². The molecule has 0 bridgehead atoms. The van der Waals surface area contributed by atoms with Gasteiger partial charge in [-0.2, -0.15) is 0 Å². The number of carbonyl (C=O) groups excluding carboxylic acids is 1. The van der Waals surface area contributed by atoms with Gasteiger partial charge in [-0.3, -0.25) is 9.78 Å². The average Bonchev–Trinajstić information content (AvgIpc) is 2.19. The number of hydrogen-bond acceptors (Lipinski definition) is 4. The molecular weight excluding hydrogens is 166 g/mol. The van der Waals surface area contributed by atoms with Crippen LogP contribution < -0.4 is 5.32 Å². The third-order valence-corrected chi connectivity index (χ3v) is 1.68. The van der Waals surface area contributed by atoms with E-state index >= 15 is 0 Å². The van der Waals surface area contributed by atoms with Crippen LogP contribution in [-0.4, -0.2) is 29.3 Å². The van der Waals surface area contributed by atoms with E-state index in [-0.39, 0.29) is 5.78 Å². The summed E-state index contributed by atoms with van der Waals surface area (Å²) in [5, 5.41) is 2.99. The Balaban J connectivity index is 2.40. The van der Waals surface area contributed by atoms with Crippen molar-refractivity contribution in [1.82, 2.24) is 15.3 Å². The number of ketones is 1. The molecule has 1 aromatic heterocycles. The van der Waals surface area contributed by atoms with Gasteiger partial charge in [0.2, 0.25) is 0 Å². The van der Waals surface area contributed by atoms with Crippen LogP contribution in [0.3, 0.4) is 0 Å². The van der Waals surface area contributed by atoms with E-state index in [1.165, 1.54) is 12.4 Å². The first-order valence-electron chi connectivity index (χ1n) is 4.28. The number of carbonyl (C=O) groups is 1. The number of nitrogens with one attached hydrogen (secondary N) is 1. The molecule has 1 rings (SSSR count). The lowest BCUT2D eigenvalue weighted by atomic mass is 10.2. The van der Waals surface area contributed by atoms with Crippen LogP contribution in [0.4, 0.5) is 0 Å². The molecule has 0 aliphatic rings. The maximum atomic E-state index is 11.4. The molecule has 0 saturated carbocycles. The van der Waals surface area contributed by atoms with Crippen LogP contribution in [0.2, 0.25) is 0 Å². The van der Waals surface area contributed by atoms with Gasteiger partial charge >= 0.3 is 0 Å². The fraction of sp³-hybridized carbons (Fsp3) is 0.444. The molecule has 0 aliphatic heterocycles. The molecule has 0 aliphatic carbocycles. The number of Topliss-reactive ketones (excluding diaryl/α,β-unsaturated/α-hetero) is 1. The highest BCUT2D eigenvalue weighted by Crippen LogP contribution is 1.99. The van der Waals surface area contributed by atoms with Crippen LogP contribution in [0.5, 0.6) is 0 Å². The minimum Gasteiger partial charge on any atom is -0.320 e. The van der Waals surface area contributed by atoms with Crippen molar-refractivity contribution in [2.24, 2.45) is 0 Å². The van der Waals surface area contributed by atoms with Gasteiger partial charge in [-0.05, 0) is 20.0 Å². The van der Waals surface area contributed by atoms with Gasteiger partial charge in [-0.25, -0.2) is 4.98 Å². The molecular formula is C9H13N3O. The summed E-state index contributed by atoms with van der Waals surface area (Å²) in [6.07, 6.45) is 5.96. The van der Waals surface area contributed by atoms with Gasteiger partial charge in [-0.1, -0.05) is 0 Å². The topological polar surface area (TPSA) is 54.9 Å². The molecule has 0 fully saturated rings. The standard InChI is InChI=1S/C9H13N3O/c1-10-4-2-3-9(13)8-7-11-5-6-12-8/h5-7,10H,2-4H2,1H3. The van der Waals surface area contributed by atoms with Crippen LogP contribution in [0, 0.1) is 0 Å². The van der Waals surface area contributed by atoms with Crippen LogP contribution >= 0.6 is 0 Å². The van der Waals surface area contributed by atoms with Crippen LogP contribution in [0.25, 0.3) is 0 Å². The molecule has 0 aromatic carbocycles. The second-order valence-electron chi connectivity index (χ2n) is 2.72. The van der Waals surface area contributed by atoms with Crippen molar-refractivity contribution in [3.8, 4) is 0 Å². The third kappa shape index (κ3) is 3.29. The zero-order chi connectivity index (χ0) is 9.52. The normalized spacial score (nSPS) is 9.92. The van der Waals surface area contributed by atoms with Crippen molar-refractivity contribution in [2.75, 3.05) is 13.6 Å². The van der Waals surface area contributed by atoms with Gasteiger partial charge in [0.1, 0.15) is 5.69 Å². The number of hydrogen-bond donors (Lipinski definition) is 1. The van der Waals surface area contributed by atoms with Crippen LogP contribution in [-0.2, 0) is 0 Å². The SMILES string of the molecule is CNCCCC(=O)c1cnccn1. The lowest BCUT2D eigenvalue weighted by Crippen LogP contribution is -2.10. The number of aromatic nitrogens is 2. The van der Waals surface area contributed by atoms with Crippen molar-refractivity contribution >= 4 is 5.78 Å². The second kappa shape index (κ2) is 5.37. The first-order valence-corrected chi connectivity index (χ1v) is 4.28. The van der Waals surface area contributed by atoms with Gasteiger partial charge < -0.3 is 5.32 Å². The molecule has 1 heterocycles. The lowest BCUT2D eigenvalue weighted by Gasteiger charge is -1.98. The van der Waals surface area contributed by atoms with E-state index in [0.717, 1.165) is 13.0 Å². The van der Waals surface area contributed by atoms with Gasteiger partial charge in [0.25, 0.3) is 0 Å². The lowest BCUT2D eigenvalue weighted by molar-refractivity contribution is 0.0975. The molecule has 0 atom stereocenters. The number of nitrogens with zero attached hydrogens (tertiary/aromatic N) is 2. The molecule has 0 unspecified atom stereocenters. The summed E-state index contributed by atoms with van der Waals surface area (Å²) >= 11 is 0. The maximum absolute atomic E-state index is 11.4. The molecule has 13 heavy (non-hydrogen) atoms. The predicted molar refractivity (Wildman–Crippen MR) is 49.5 cm³/mol. The summed E-state index contributed by atoms with van der Waals surface area (Å²) in [5.41, 5.74) is 0.457. The second-order valence-corrected chi connectivity index (χ2v) is 2.72. The Kier molecular flexibility index (Phi) is 4.05. The van der Waals surface area contributed by atoms with Crippen molar-refractivity contribution in [3.63, 3.8) is 0 Å². The Morgan fingerprint density at radius 1 is 1.54 bits per heavy atom. The summed E-state index contributed by atoms with van der Waals surface area (Å²) in [5.74, 6) is 0.0587. The molecule has 0 radical (unpaired) electrons. The van der Waals surface area contributed by atoms with E-state index in [1.54, 1.807) is 6.20 Å². The highest BCUT2D eigenvalue weighted by molar-refractivity contribution is 5.93. The van der Waals surface area contributed by atoms with Crippen LogP contribution in [0.1, 0.15) is 23.3 Å². The van der Waals surface area contributed by atoms with Gasteiger partial charge in [0, 0.05) is 18.8 Å². The predicted octanol–water partition coefficient (Wildman–Crippen LogP) is 0.659. The minimum absolute atomic E-state index is 0.0587. The zero-order valence-corrected chi connectivity index (χ0v) is 7.66. The minimum atomic E-state index is 0.0587. The van der Waals surface area contributed by atoms with E-state index in [9.17, 15) is 4.79 Å². The molecule has 1 N–H and O–H groups in total. The Morgan fingerprint density at radius 2 is 2.38 bits per heavy atom. The van der Waals surface area contributed by atoms with E-state index in [0.29, 0.717) is 12.1 Å². The van der Waals surface area contributed by atoms with Crippen LogP contribution in [0.15, 0.2) is 18.6 Å². The van der Waals surface area contributed by atoms with Crippen molar-refractivity contribution in [3.05, 3.63) is 24.3 Å². The fourth-order valence-corrected chi connectivity index (χ4v) is 0.997. The molecule has 1 aromatic rings. The quantitative estimate of drug-likeness (QED) is 0.533. The van der Waals surface area contributed by atoms with Crippen molar-refractivity contribution < 1.29 is 4.79 Å². The maximum Gasteiger partial charge on any atom is 0.182 e. The first kappa shape index (κ1) is 9.80. The van der Waals surface area contributed by atoms with E-state index in [2.05, 4.69) is 15.3 Å². The molecule has 4 nitrogen and oxygen atoms in total. The largest absolute Gasteiger partial charge is 0.320 e. The van der Waals surface area contributed by atoms with E-state index in [4.69, 9.17) is 0 Å². The summed E-state index contributed by atoms with van der Waals surface area (Å²) in [6.45, 7) is 0.853. The molecule has 70 valence electrons. The Morgan fingerprint density at radius 3 is 3.00 bits per heavy atom. The average molecular weight is 179 g/mol. The highest BCUT2D eigenvalue weighted by Gasteiger charge is 2.05. The molecule has 4 heteroatoms. The van der Waals surface area contributed by atoms with E-state index < -0.39 is 0 Å². The van der Waals surface area contributed by atoms with Crippen molar-refractivity contribution in [1.29, 1.82) is 0 Å². The summed E-state index contributed by atoms with van der Waals surface area (Å²) in [4.78, 5) is 19.1.